The number of nitrogens with zero attached hydrogens (tertiary/aromatic N) is 2. The molecule has 1 atom stereocenters. The molecule has 0 saturated carbocycles. The second kappa shape index (κ2) is 13.8. The first-order valence-electron chi connectivity index (χ1n) is 13.4. The van der Waals surface area contributed by atoms with Gasteiger partial charge in [-0.2, -0.15) is 0 Å². The molecule has 4 rings (SSSR count). The van der Waals surface area contributed by atoms with E-state index < -0.39 is 10.8 Å². The van der Waals surface area contributed by atoms with E-state index in [9.17, 15) is 13.8 Å². The molecule has 7 nitrogen and oxygen atoms in total. The highest BCUT2D eigenvalue weighted by Gasteiger charge is 2.31. The number of hydrazine groups is 1. The minimum atomic E-state index is -1.60. The van der Waals surface area contributed by atoms with Crippen LogP contribution in [0.1, 0.15) is 59.4 Å². The Morgan fingerprint density at radius 1 is 0.949 bits per heavy atom. The van der Waals surface area contributed by atoms with Gasteiger partial charge in [0.2, 0.25) is 0 Å². The average Bonchev–Trinajstić information content (AvgIpc) is 3.03. The molecule has 1 heterocycles. The van der Waals surface area contributed by atoms with Crippen LogP contribution < -0.4 is 15.8 Å². The van der Waals surface area contributed by atoms with Crippen molar-refractivity contribution in [3.8, 4) is 0 Å². The molecule has 1 aliphatic heterocycles. The zero-order valence-electron chi connectivity index (χ0n) is 22.4. The standard InChI is InChI=1S/C30H35ClN4O3S/c1-3-16-34(17-4-2)18-8-15-32-29(36)23-13-14-28-26(20-23)35(33-21-22-9-7-10-24(31)19-22)30(37)25-11-5-6-12-27(25)39(28)38/h5-7,9-14,19-20,33H,3-4,8,15-18,21H2,1-2H3,(H,32,36). The average molecular weight is 567 g/mol. The maximum absolute atomic E-state index is 13.7. The monoisotopic (exact) mass is 566 g/mol. The summed E-state index contributed by atoms with van der Waals surface area (Å²) in [5.41, 5.74) is 5.20. The third-order valence-electron chi connectivity index (χ3n) is 6.53. The molecule has 1 unspecified atom stereocenters. The first-order valence-corrected chi connectivity index (χ1v) is 14.9. The van der Waals surface area contributed by atoms with Crippen LogP contribution in [0.2, 0.25) is 5.02 Å². The van der Waals surface area contributed by atoms with Gasteiger partial charge < -0.3 is 10.2 Å². The quantitative estimate of drug-likeness (QED) is 0.286. The summed E-state index contributed by atoms with van der Waals surface area (Å²) in [5, 5.41) is 4.98. The molecule has 2 N–H and O–H groups in total. The molecular weight excluding hydrogens is 532 g/mol. The fraction of sp³-hybridized carbons (Fsp3) is 0.333. The van der Waals surface area contributed by atoms with E-state index >= 15 is 0 Å². The number of anilines is 1. The first kappa shape index (κ1) is 29.0. The van der Waals surface area contributed by atoms with Crippen molar-refractivity contribution in [3.05, 3.63) is 88.4 Å². The number of nitrogens with one attached hydrogen (secondary N) is 2. The summed E-state index contributed by atoms with van der Waals surface area (Å²) < 4.78 is 13.6. The number of hydrogen-bond donors (Lipinski definition) is 2. The van der Waals surface area contributed by atoms with Crippen LogP contribution in [0, 0.1) is 0 Å². The summed E-state index contributed by atoms with van der Waals surface area (Å²) in [4.78, 5) is 30.1. The number of benzene rings is 3. The van der Waals surface area contributed by atoms with Crippen LogP contribution in [0.5, 0.6) is 0 Å². The molecule has 0 radical (unpaired) electrons. The van der Waals surface area contributed by atoms with Crippen molar-refractivity contribution in [1.29, 1.82) is 0 Å². The molecule has 0 fully saturated rings. The van der Waals surface area contributed by atoms with E-state index in [1.165, 1.54) is 5.01 Å². The van der Waals surface area contributed by atoms with Gasteiger partial charge in [-0.05, 0) is 86.9 Å². The van der Waals surface area contributed by atoms with E-state index in [1.807, 2.05) is 18.2 Å². The van der Waals surface area contributed by atoms with E-state index in [2.05, 4.69) is 29.5 Å². The Bertz CT molecular complexity index is 1340. The number of halogens is 1. The predicted molar refractivity (Wildman–Crippen MR) is 157 cm³/mol. The predicted octanol–water partition coefficient (Wildman–Crippen LogP) is 5.41. The Balaban J connectivity index is 1.56. The normalized spacial score (nSPS) is 14.6. The Hall–Kier alpha value is -3.04. The van der Waals surface area contributed by atoms with E-state index in [1.54, 1.807) is 48.5 Å². The molecule has 39 heavy (non-hydrogen) atoms. The minimum absolute atomic E-state index is 0.231. The number of carbonyl (C=O) groups excluding carboxylic acids is 2. The fourth-order valence-electron chi connectivity index (χ4n) is 4.69. The van der Waals surface area contributed by atoms with Crippen LogP contribution in [0.3, 0.4) is 0 Å². The van der Waals surface area contributed by atoms with E-state index in [-0.39, 0.29) is 11.8 Å². The summed E-state index contributed by atoms with van der Waals surface area (Å²) in [5.74, 6) is -0.575. The van der Waals surface area contributed by atoms with E-state index in [0.29, 0.717) is 44.7 Å². The van der Waals surface area contributed by atoms with Crippen molar-refractivity contribution in [1.82, 2.24) is 15.6 Å². The lowest BCUT2D eigenvalue weighted by atomic mass is 10.1. The van der Waals surface area contributed by atoms with Crippen molar-refractivity contribution >= 4 is 39.9 Å². The lowest BCUT2D eigenvalue weighted by Crippen LogP contribution is -2.43. The molecule has 3 aromatic carbocycles. The van der Waals surface area contributed by atoms with Gasteiger partial charge in [0.15, 0.2) is 0 Å². The number of carbonyl (C=O) groups is 2. The molecule has 1 aliphatic rings. The third kappa shape index (κ3) is 7.13. The first-order chi connectivity index (χ1) is 18.9. The SMILES string of the molecule is CCCN(CCC)CCCNC(=O)c1ccc2c(c1)N(NCc1cccc(Cl)c1)C(=O)c1ccccc1S2=O. The van der Waals surface area contributed by atoms with Gasteiger partial charge in [0.05, 0.1) is 31.8 Å². The third-order valence-corrected chi connectivity index (χ3v) is 8.26. The molecule has 0 saturated heterocycles. The van der Waals surface area contributed by atoms with Crippen molar-refractivity contribution in [2.75, 3.05) is 31.2 Å². The largest absolute Gasteiger partial charge is 0.352 e. The Labute approximate surface area is 238 Å². The van der Waals surface area contributed by atoms with Crippen molar-refractivity contribution in [2.24, 2.45) is 0 Å². The fourth-order valence-corrected chi connectivity index (χ4v) is 6.23. The second-order valence-electron chi connectivity index (χ2n) is 9.50. The maximum Gasteiger partial charge on any atom is 0.273 e. The second-order valence-corrected chi connectivity index (χ2v) is 11.4. The zero-order valence-corrected chi connectivity index (χ0v) is 24.0. The molecular formula is C30H35ClN4O3S. The van der Waals surface area contributed by atoms with Gasteiger partial charge in [0.1, 0.15) is 0 Å². The van der Waals surface area contributed by atoms with Crippen LogP contribution in [-0.4, -0.2) is 47.1 Å². The molecule has 2 amide bonds. The smallest absolute Gasteiger partial charge is 0.273 e. The lowest BCUT2D eigenvalue weighted by Gasteiger charge is -2.24. The van der Waals surface area contributed by atoms with Gasteiger partial charge in [0, 0.05) is 23.7 Å². The zero-order chi connectivity index (χ0) is 27.8. The number of fused-ring (bicyclic) bond motifs is 2. The van der Waals surface area contributed by atoms with Crippen LogP contribution in [0.25, 0.3) is 0 Å². The molecule has 0 bridgehead atoms. The Morgan fingerprint density at radius 3 is 2.46 bits per heavy atom. The lowest BCUT2D eigenvalue weighted by molar-refractivity contribution is 0.0946. The Morgan fingerprint density at radius 2 is 1.72 bits per heavy atom. The maximum atomic E-state index is 13.7. The van der Waals surface area contributed by atoms with Gasteiger partial charge in [-0.15, -0.1) is 0 Å². The van der Waals surface area contributed by atoms with Crippen molar-refractivity contribution in [3.63, 3.8) is 0 Å². The number of rotatable bonds is 12. The van der Waals surface area contributed by atoms with Crippen LogP contribution in [-0.2, 0) is 17.3 Å². The van der Waals surface area contributed by atoms with Crippen molar-refractivity contribution < 1.29 is 13.8 Å². The van der Waals surface area contributed by atoms with Gasteiger partial charge in [0.25, 0.3) is 11.8 Å². The summed E-state index contributed by atoms with van der Waals surface area (Å²) in [7, 11) is -1.60. The highest BCUT2D eigenvalue weighted by Crippen LogP contribution is 2.34. The molecule has 0 aromatic heterocycles. The van der Waals surface area contributed by atoms with Gasteiger partial charge in [-0.25, -0.2) is 14.6 Å². The molecule has 9 heteroatoms. The minimum Gasteiger partial charge on any atom is -0.352 e. The van der Waals surface area contributed by atoms with E-state index in [0.717, 1.165) is 44.5 Å². The highest BCUT2D eigenvalue weighted by molar-refractivity contribution is 7.85. The van der Waals surface area contributed by atoms with Crippen molar-refractivity contribution in [2.45, 2.75) is 49.4 Å². The van der Waals surface area contributed by atoms with Crippen LogP contribution in [0.15, 0.2) is 76.5 Å². The van der Waals surface area contributed by atoms with Crippen LogP contribution in [0.4, 0.5) is 5.69 Å². The van der Waals surface area contributed by atoms with Gasteiger partial charge >= 0.3 is 0 Å². The molecule has 206 valence electrons. The Kier molecular flexibility index (Phi) is 10.3. The summed E-state index contributed by atoms with van der Waals surface area (Å²) >= 11 is 6.15. The van der Waals surface area contributed by atoms with E-state index in [4.69, 9.17) is 11.6 Å². The molecule has 3 aromatic rings. The number of hydrogen-bond acceptors (Lipinski definition) is 5. The summed E-state index contributed by atoms with van der Waals surface area (Å²) in [6.45, 7) is 8.24. The molecule has 0 spiro atoms. The summed E-state index contributed by atoms with van der Waals surface area (Å²) in [6.07, 6.45) is 3.06. The summed E-state index contributed by atoms with van der Waals surface area (Å²) in [6, 6.07) is 19.2. The van der Waals surface area contributed by atoms with Gasteiger partial charge in [-0.3, -0.25) is 9.59 Å². The number of amides is 2. The highest BCUT2D eigenvalue weighted by atomic mass is 35.5. The van der Waals surface area contributed by atoms with Gasteiger partial charge in [-0.1, -0.05) is 49.7 Å². The molecule has 0 aliphatic carbocycles. The van der Waals surface area contributed by atoms with Crippen LogP contribution >= 0.6 is 11.6 Å². The topological polar surface area (TPSA) is 81.8 Å².